The molecule has 5 aromatic rings. The number of furan rings is 1. The molecule has 1 N–H and O–H groups in total. The predicted molar refractivity (Wildman–Crippen MR) is 137 cm³/mol. The number of pyridine rings is 1. The summed E-state index contributed by atoms with van der Waals surface area (Å²) in [5.74, 6) is 0.585. The lowest BCUT2D eigenvalue weighted by Gasteiger charge is -2.23. The number of nitrogens with zero attached hydrogens (tertiary/aromatic N) is 2. The van der Waals surface area contributed by atoms with Gasteiger partial charge < -0.3 is 14.1 Å². The van der Waals surface area contributed by atoms with Crippen LogP contribution in [0.15, 0.2) is 76.1 Å². The Labute approximate surface area is 206 Å². The molecule has 0 saturated carbocycles. The number of esters is 1. The highest BCUT2D eigenvalue weighted by atomic mass is 16.5. The fourth-order valence-electron chi connectivity index (χ4n) is 4.83. The SMILES string of the molecule is CC(OC(=O)c1c2c(nc3ccccc13)/C(=C\c1ccco1)CCC2)c1nc2ccccc2c(=O)[nH]1. The van der Waals surface area contributed by atoms with Gasteiger partial charge in [-0.25, -0.2) is 14.8 Å². The molecule has 7 nitrogen and oxygen atoms in total. The van der Waals surface area contributed by atoms with Gasteiger partial charge in [-0.05, 0) is 73.7 Å². The minimum absolute atomic E-state index is 0.266. The maximum absolute atomic E-state index is 13.7. The van der Waals surface area contributed by atoms with Gasteiger partial charge in [0.05, 0.1) is 33.9 Å². The molecule has 3 aromatic heterocycles. The van der Waals surface area contributed by atoms with E-state index in [0.29, 0.717) is 28.7 Å². The van der Waals surface area contributed by atoms with Crippen molar-refractivity contribution in [3.05, 3.63) is 106 Å². The average molecular weight is 478 g/mol. The van der Waals surface area contributed by atoms with Gasteiger partial charge in [-0.1, -0.05) is 30.3 Å². The maximum Gasteiger partial charge on any atom is 0.339 e. The zero-order chi connectivity index (χ0) is 24.6. The number of benzene rings is 2. The third kappa shape index (κ3) is 3.88. The van der Waals surface area contributed by atoms with Crippen molar-refractivity contribution in [3.63, 3.8) is 0 Å². The van der Waals surface area contributed by atoms with Crippen LogP contribution in [0.5, 0.6) is 0 Å². The minimum Gasteiger partial charge on any atom is -0.465 e. The largest absolute Gasteiger partial charge is 0.465 e. The summed E-state index contributed by atoms with van der Waals surface area (Å²) in [6.45, 7) is 1.71. The molecule has 2 aromatic carbocycles. The summed E-state index contributed by atoms with van der Waals surface area (Å²) in [4.78, 5) is 38.4. The highest BCUT2D eigenvalue weighted by molar-refractivity contribution is 6.06. The quantitative estimate of drug-likeness (QED) is 0.326. The normalized spacial score (nSPS) is 15.2. The standard InChI is InChI=1S/C29H23N3O4/c1-17(27-31-24-14-5-3-11-21(24)28(33)32-27)36-29(34)25-20-10-2-4-13-23(20)30-26-18(8-6-12-22(25)26)16-19-9-7-15-35-19/h2-5,7,9-11,13-17H,6,8,12H2,1H3,(H,31,32,33)/b18-16-. The first-order valence-electron chi connectivity index (χ1n) is 11.9. The first-order chi connectivity index (χ1) is 17.6. The molecule has 36 heavy (non-hydrogen) atoms. The smallest absolute Gasteiger partial charge is 0.339 e. The molecule has 3 heterocycles. The number of hydrogen-bond donors (Lipinski definition) is 1. The third-order valence-electron chi connectivity index (χ3n) is 6.53. The maximum atomic E-state index is 13.7. The summed E-state index contributed by atoms with van der Waals surface area (Å²) in [7, 11) is 0. The molecule has 1 aliphatic carbocycles. The number of fused-ring (bicyclic) bond motifs is 3. The summed E-state index contributed by atoms with van der Waals surface area (Å²) < 4.78 is 11.4. The number of carbonyl (C=O) groups excluding carboxylic acids is 1. The number of allylic oxidation sites excluding steroid dienone is 1. The van der Waals surface area contributed by atoms with Gasteiger partial charge in [-0.2, -0.15) is 0 Å². The molecular formula is C29H23N3O4. The van der Waals surface area contributed by atoms with Crippen molar-refractivity contribution < 1.29 is 13.9 Å². The average Bonchev–Trinajstić information content (AvgIpc) is 3.40. The number of nitrogens with one attached hydrogen (secondary N) is 1. The topological polar surface area (TPSA) is 98.1 Å². The third-order valence-corrected chi connectivity index (χ3v) is 6.53. The van der Waals surface area contributed by atoms with Crippen molar-refractivity contribution in [2.24, 2.45) is 0 Å². The van der Waals surface area contributed by atoms with Crippen LogP contribution in [0, 0.1) is 0 Å². The van der Waals surface area contributed by atoms with E-state index in [-0.39, 0.29) is 5.56 Å². The Morgan fingerprint density at radius 3 is 2.53 bits per heavy atom. The first-order valence-corrected chi connectivity index (χ1v) is 11.9. The molecule has 7 heteroatoms. The van der Waals surface area contributed by atoms with E-state index >= 15 is 0 Å². The predicted octanol–water partition coefficient (Wildman–Crippen LogP) is 5.86. The number of aromatic amines is 1. The molecule has 1 unspecified atom stereocenters. The summed E-state index contributed by atoms with van der Waals surface area (Å²) in [6.07, 6.45) is 5.31. The molecular weight excluding hydrogens is 454 g/mol. The molecule has 0 saturated heterocycles. The van der Waals surface area contributed by atoms with E-state index in [1.165, 1.54) is 0 Å². The van der Waals surface area contributed by atoms with Gasteiger partial charge >= 0.3 is 5.97 Å². The Bertz CT molecular complexity index is 1700. The van der Waals surface area contributed by atoms with Crippen LogP contribution in [0.25, 0.3) is 33.5 Å². The molecule has 0 radical (unpaired) electrons. The van der Waals surface area contributed by atoms with Crippen molar-refractivity contribution in [2.45, 2.75) is 32.3 Å². The monoisotopic (exact) mass is 477 g/mol. The Balaban J connectivity index is 1.43. The first kappa shape index (κ1) is 22.0. The fourth-order valence-corrected chi connectivity index (χ4v) is 4.83. The van der Waals surface area contributed by atoms with E-state index in [2.05, 4.69) is 9.97 Å². The van der Waals surface area contributed by atoms with Gasteiger partial charge in [0.2, 0.25) is 0 Å². The Morgan fingerprint density at radius 2 is 1.75 bits per heavy atom. The lowest BCUT2D eigenvalue weighted by atomic mass is 9.86. The number of para-hydroxylation sites is 2. The van der Waals surface area contributed by atoms with Crippen LogP contribution in [0.2, 0.25) is 0 Å². The molecule has 0 amide bonds. The van der Waals surface area contributed by atoms with Crippen molar-refractivity contribution in [1.29, 1.82) is 0 Å². The number of carbonyl (C=O) groups is 1. The number of ether oxygens (including phenoxy) is 1. The van der Waals surface area contributed by atoms with E-state index in [4.69, 9.17) is 14.1 Å². The zero-order valence-corrected chi connectivity index (χ0v) is 19.7. The molecule has 0 bridgehead atoms. The van der Waals surface area contributed by atoms with Crippen LogP contribution in [-0.2, 0) is 11.2 Å². The highest BCUT2D eigenvalue weighted by Gasteiger charge is 2.27. The van der Waals surface area contributed by atoms with Crippen LogP contribution in [-0.4, -0.2) is 20.9 Å². The van der Waals surface area contributed by atoms with Crippen LogP contribution in [0.3, 0.4) is 0 Å². The highest BCUT2D eigenvalue weighted by Crippen LogP contribution is 2.37. The van der Waals surface area contributed by atoms with E-state index in [1.807, 2.05) is 48.5 Å². The molecule has 178 valence electrons. The molecule has 1 atom stereocenters. The Morgan fingerprint density at radius 1 is 1.00 bits per heavy atom. The Hall–Kier alpha value is -4.52. The summed E-state index contributed by atoms with van der Waals surface area (Å²) in [6, 6.07) is 18.4. The molecule has 0 aliphatic heterocycles. The van der Waals surface area contributed by atoms with Gasteiger partial charge in [-0.3, -0.25) is 4.79 Å². The second kappa shape index (κ2) is 8.92. The van der Waals surface area contributed by atoms with Gasteiger partial charge in [0, 0.05) is 5.39 Å². The van der Waals surface area contributed by atoms with E-state index in [0.717, 1.165) is 46.3 Å². The van der Waals surface area contributed by atoms with E-state index < -0.39 is 12.1 Å². The van der Waals surface area contributed by atoms with Crippen molar-refractivity contribution in [3.8, 4) is 0 Å². The van der Waals surface area contributed by atoms with Gasteiger partial charge in [-0.15, -0.1) is 0 Å². The van der Waals surface area contributed by atoms with Gasteiger partial charge in [0.25, 0.3) is 5.56 Å². The number of hydrogen-bond acceptors (Lipinski definition) is 6. The summed E-state index contributed by atoms with van der Waals surface area (Å²) in [5, 5.41) is 1.23. The minimum atomic E-state index is -0.751. The fraction of sp³-hybridized carbons (Fsp3) is 0.172. The lowest BCUT2D eigenvalue weighted by Crippen LogP contribution is -2.19. The molecule has 1 aliphatic rings. The summed E-state index contributed by atoms with van der Waals surface area (Å²) in [5.41, 5.74) is 4.22. The van der Waals surface area contributed by atoms with Crippen molar-refractivity contribution in [2.75, 3.05) is 0 Å². The van der Waals surface area contributed by atoms with Crippen LogP contribution >= 0.6 is 0 Å². The lowest BCUT2D eigenvalue weighted by molar-refractivity contribution is 0.0321. The Kier molecular flexibility index (Phi) is 5.45. The van der Waals surface area contributed by atoms with Crippen LogP contribution in [0.4, 0.5) is 0 Å². The van der Waals surface area contributed by atoms with Gasteiger partial charge in [0.15, 0.2) is 11.9 Å². The molecule has 0 spiro atoms. The zero-order valence-electron chi connectivity index (χ0n) is 19.7. The number of rotatable bonds is 4. The van der Waals surface area contributed by atoms with E-state index in [1.54, 1.807) is 31.4 Å². The van der Waals surface area contributed by atoms with Crippen molar-refractivity contribution >= 4 is 39.4 Å². The number of aromatic nitrogens is 3. The van der Waals surface area contributed by atoms with E-state index in [9.17, 15) is 9.59 Å². The summed E-state index contributed by atoms with van der Waals surface area (Å²) >= 11 is 0. The molecule has 6 rings (SSSR count). The van der Waals surface area contributed by atoms with Crippen molar-refractivity contribution in [1.82, 2.24) is 15.0 Å². The van der Waals surface area contributed by atoms with Gasteiger partial charge in [0.1, 0.15) is 5.76 Å². The van der Waals surface area contributed by atoms with Crippen LogP contribution in [0.1, 0.15) is 59.1 Å². The van der Waals surface area contributed by atoms with Crippen LogP contribution < -0.4 is 5.56 Å². The second-order valence-corrected chi connectivity index (χ2v) is 8.89. The second-order valence-electron chi connectivity index (χ2n) is 8.89. The molecule has 0 fully saturated rings. The number of H-pyrrole nitrogens is 1.